The van der Waals surface area contributed by atoms with Gasteiger partial charge in [-0.1, -0.05) is 6.92 Å². The number of hydrogen-bond donors (Lipinski definition) is 0. The van der Waals surface area contributed by atoms with E-state index < -0.39 is 17.5 Å². The van der Waals surface area contributed by atoms with Crippen LogP contribution in [0.2, 0.25) is 0 Å². The second kappa shape index (κ2) is 3.54. The molecule has 0 spiro atoms. The highest BCUT2D eigenvalue weighted by molar-refractivity contribution is 5.98. The molecule has 1 rings (SSSR count). The number of hydroxylamine groups is 2. The van der Waals surface area contributed by atoms with Crippen molar-refractivity contribution in [2.24, 2.45) is 0 Å². The normalized spacial score (nSPS) is 26.6. The second-order valence-corrected chi connectivity index (χ2v) is 3.31. The molecule has 0 bridgehead atoms. The van der Waals surface area contributed by atoms with Crippen LogP contribution in [-0.4, -0.2) is 29.6 Å². The van der Waals surface area contributed by atoms with E-state index in [2.05, 4.69) is 0 Å². The first-order valence-corrected chi connectivity index (χ1v) is 4.43. The standard InChI is InChI=1S/C9H13NO5/c1-4-9(8(13)14)6(7(11)12)5(2)15-10(9)3/h4H2,1-3H3,(H,11,12)(H,13,14)/p-2. The van der Waals surface area contributed by atoms with E-state index in [0.29, 0.717) is 0 Å². The molecule has 0 fully saturated rings. The Labute approximate surface area is 86.7 Å². The summed E-state index contributed by atoms with van der Waals surface area (Å²) in [6.45, 7) is 2.92. The topological polar surface area (TPSA) is 92.7 Å². The van der Waals surface area contributed by atoms with Gasteiger partial charge in [-0.05, 0) is 13.3 Å². The van der Waals surface area contributed by atoms with Crippen LogP contribution in [-0.2, 0) is 14.4 Å². The summed E-state index contributed by atoms with van der Waals surface area (Å²) in [5.74, 6) is -3.05. The molecule has 1 heterocycles. The van der Waals surface area contributed by atoms with Crippen LogP contribution in [0.4, 0.5) is 0 Å². The van der Waals surface area contributed by atoms with Gasteiger partial charge in [-0.3, -0.25) is 0 Å². The van der Waals surface area contributed by atoms with Crippen molar-refractivity contribution in [1.82, 2.24) is 5.06 Å². The molecule has 1 atom stereocenters. The van der Waals surface area contributed by atoms with Crippen molar-refractivity contribution in [3.63, 3.8) is 0 Å². The molecule has 1 unspecified atom stereocenters. The molecule has 0 aromatic carbocycles. The SMILES string of the molecule is CCC1(C(=O)[O-])C(C(=O)[O-])=C(C)ON1C. The quantitative estimate of drug-likeness (QED) is 0.527. The highest BCUT2D eigenvalue weighted by Crippen LogP contribution is 2.36. The van der Waals surface area contributed by atoms with Gasteiger partial charge in [0.05, 0.1) is 11.9 Å². The van der Waals surface area contributed by atoms with Crippen LogP contribution in [0, 0.1) is 0 Å². The van der Waals surface area contributed by atoms with Crippen LogP contribution in [0.5, 0.6) is 0 Å². The summed E-state index contributed by atoms with van der Waals surface area (Å²) >= 11 is 0. The van der Waals surface area contributed by atoms with Crippen molar-refractivity contribution in [2.45, 2.75) is 25.8 Å². The van der Waals surface area contributed by atoms with Gasteiger partial charge in [0.2, 0.25) is 0 Å². The Morgan fingerprint density at radius 1 is 1.47 bits per heavy atom. The fourth-order valence-electron chi connectivity index (χ4n) is 1.86. The maximum absolute atomic E-state index is 11.1. The van der Waals surface area contributed by atoms with E-state index in [-0.39, 0.29) is 17.8 Å². The fourth-order valence-corrected chi connectivity index (χ4v) is 1.86. The lowest BCUT2D eigenvalue weighted by Crippen LogP contribution is -2.59. The number of likely N-dealkylation sites (N-methyl/N-ethyl adjacent to an activating group) is 1. The second-order valence-electron chi connectivity index (χ2n) is 3.31. The molecule has 0 aromatic heterocycles. The molecule has 0 saturated carbocycles. The number of hydrogen-bond acceptors (Lipinski definition) is 6. The van der Waals surface area contributed by atoms with Gasteiger partial charge in [0, 0.05) is 12.6 Å². The van der Waals surface area contributed by atoms with E-state index in [9.17, 15) is 19.8 Å². The van der Waals surface area contributed by atoms with Crippen LogP contribution in [0.15, 0.2) is 11.3 Å². The Bertz CT molecular complexity index is 348. The summed E-state index contributed by atoms with van der Waals surface area (Å²) in [7, 11) is 1.35. The average Bonchev–Trinajstić information content (AvgIpc) is 2.37. The summed E-state index contributed by atoms with van der Waals surface area (Å²) in [4.78, 5) is 26.9. The maximum Gasteiger partial charge on any atom is 0.128 e. The Balaban J connectivity index is 3.36. The number of aliphatic carboxylic acids is 2. The van der Waals surface area contributed by atoms with E-state index in [1.807, 2.05) is 0 Å². The zero-order chi connectivity index (χ0) is 11.8. The Kier molecular flexibility index (Phi) is 2.72. The van der Waals surface area contributed by atoms with Gasteiger partial charge >= 0.3 is 0 Å². The van der Waals surface area contributed by atoms with Crippen LogP contribution in [0.3, 0.4) is 0 Å². The highest BCUT2D eigenvalue weighted by Gasteiger charge is 2.47. The Hall–Kier alpha value is -1.56. The summed E-state index contributed by atoms with van der Waals surface area (Å²) in [5.41, 5.74) is -2.14. The molecule has 0 aliphatic carbocycles. The van der Waals surface area contributed by atoms with Gasteiger partial charge < -0.3 is 24.6 Å². The Morgan fingerprint density at radius 3 is 2.27 bits per heavy atom. The molecule has 84 valence electrons. The first-order chi connectivity index (χ1) is 6.87. The first kappa shape index (κ1) is 11.5. The van der Waals surface area contributed by atoms with Gasteiger partial charge in [0.15, 0.2) is 0 Å². The molecule has 1 aliphatic rings. The maximum atomic E-state index is 11.1. The van der Waals surface area contributed by atoms with Crippen LogP contribution in [0.25, 0.3) is 0 Å². The van der Waals surface area contributed by atoms with Crippen molar-refractivity contribution in [1.29, 1.82) is 0 Å². The van der Waals surface area contributed by atoms with Crippen LogP contribution < -0.4 is 10.2 Å². The third-order valence-corrected chi connectivity index (χ3v) is 2.63. The fraction of sp³-hybridized carbons (Fsp3) is 0.556. The van der Waals surface area contributed by atoms with Gasteiger partial charge in [0.25, 0.3) is 0 Å². The lowest BCUT2D eigenvalue weighted by atomic mass is 9.86. The average molecular weight is 213 g/mol. The van der Waals surface area contributed by atoms with Crippen molar-refractivity contribution in [2.75, 3.05) is 7.05 Å². The zero-order valence-electron chi connectivity index (χ0n) is 8.70. The Morgan fingerprint density at radius 2 is 2.00 bits per heavy atom. The molecule has 0 aromatic rings. The summed E-state index contributed by atoms with van der Waals surface area (Å²) < 4.78 is 0. The number of nitrogens with zero attached hydrogens (tertiary/aromatic N) is 1. The van der Waals surface area contributed by atoms with Crippen molar-refractivity contribution in [3.05, 3.63) is 11.3 Å². The minimum atomic E-state index is -1.76. The van der Waals surface area contributed by atoms with Gasteiger partial charge in [-0.15, -0.1) is 5.06 Å². The third-order valence-electron chi connectivity index (χ3n) is 2.63. The molecule has 6 heteroatoms. The third kappa shape index (κ3) is 1.37. The molecule has 1 aliphatic heterocycles. The molecule has 0 radical (unpaired) electrons. The van der Waals surface area contributed by atoms with Crippen molar-refractivity contribution >= 4 is 11.9 Å². The van der Waals surface area contributed by atoms with Crippen molar-refractivity contribution in [3.8, 4) is 0 Å². The number of allylic oxidation sites excluding steroid dienone is 1. The molecule has 0 saturated heterocycles. The minimum absolute atomic E-state index is 0.0172. The van der Waals surface area contributed by atoms with E-state index in [1.165, 1.54) is 20.9 Å². The molecule has 0 N–H and O–H groups in total. The minimum Gasteiger partial charge on any atom is -0.548 e. The summed E-state index contributed by atoms with van der Waals surface area (Å²) in [6.07, 6.45) is 0.0203. The molecule has 6 nitrogen and oxygen atoms in total. The molecular formula is C9H11NO5-2. The lowest BCUT2D eigenvalue weighted by Gasteiger charge is -2.36. The first-order valence-electron chi connectivity index (χ1n) is 4.43. The zero-order valence-corrected chi connectivity index (χ0v) is 8.70. The predicted octanol–water partition coefficient (Wildman–Crippen LogP) is -2.21. The number of carbonyl (C=O) groups excluding carboxylic acids is 2. The van der Waals surface area contributed by atoms with Gasteiger partial charge in [-0.25, -0.2) is 0 Å². The number of rotatable bonds is 3. The number of carboxylic acids is 2. The number of carboxylic acid groups (broad SMARTS) is 2. The molecule has 0 amide bonds. The van der Waals surface area contributed by atoms with Crippen LogP contribution >= 0.6 is 0 Å². The van der Waals surface area contributed by atoms with E-state index >= 15 is 0 Å². The van der Waals surface area contributed by atoms with E-state index in [0.717, 1.165) is 5.06 Å². The molecular weight excluding hydrogens is 202 g/mol. The predicted molar refractivity (Wildman–Crippen MR) is 44.6 cm³/mol. The number of carbonyl (C=O) groups is 2. The van der Waals surface area contributed by atoms with Gasteiger partial charge in [0.1, 0.15) is 11.3 Å². The van der Waals surface area contributed by atoms with Gasteiger partial charge in [-0.2, -0.15) is 0 Å². The molecule has 15 heavy (non-hydrogen) atoms. The van der Waals surface area contributed by atoms with Crippen molar-refractivity contribution < 1.29 is 24.6 Å². The van der Waals surface area contributed by atoms with E-state index in [1.54, 1.807) is 0 Å². The summed E-state index contributed by atoms with van der Waals surface area (Å²) in [6, 6.07) is 0. The van der Waals surface area contributed by atoms with Crippen LogP contribution in [0.1, 0.15) is 20.3 Å². The smallest absolute Gasteiger partial charge is 0.128 e. The largest absolute Gasteiger partial charge is 0.548 e. The lowest BCUT2D eigenvalue weighted by molar-refractivity contribution is -0.327. The summed E-state index contributed by atoms with van der Waals surface area (Å²) in [5, 5.41) is 22.9. The monoisotopic (exact) mass is 213 g/mol. The van der Waals surface area contributed by atoms with E-state index in [4.69, 9.17) is 4.84 Å². The highest BCUT2D eigenvalue weighted by atomic mass is 16.7.